The second kappa shape index (κ2) is 7.03. The standard InChI is InChI=1S/C21H14FN3O3/c22-14-4-3-5-15(12-14)25-18(16-6-1-2-9-24-16)17(20(27)21(25)28)19(26)13-7-10-23-11-8-13/h1-12,18,26H/b19-17+. The second-order valence-electron chi connectivity index (χ2n) is 6.14. The average molecular weight is 375 g/mol. The number of Topliss-reactive ketones (excluding diaryl/α,β-unsaturated/α-hetero) is 1. The molecule has 0 saturated carbocycles. The molecule has 1 atom stereocenters. The number of hydrogen-bond donors (Lipinski definition) is 1. The zero-order chi connectivity index (χ0) is 19.7. The molecule has 4 rings (SSSR count). The number of nitrogens with zero attached hydrogens (tertiary/aromatic N) is 3. The van der Waals surface area contributed by atoms with Crippen molar-refractivity contribution in [1.82, 2.24) is 9.97 Å². The Hall–Kier alpha value is -3.87. The van der Waals surface area contributed by atoms with Crippen LogP contribution in [0, 0.1) is 5.82 Å². The van der Waals surface area contributed by atoms with Gasteiger partial charge >= 0.3 is 0 Å². The van der Waals surface area contributed by atoms with Gasteiger partial charge in [-0.15, -0.1) is 0 Å². The third-order valence-corrected chi connectivity index (χ3v) is 4.45. The number of aliphatic hydroxyl groups excluding tert-OH is 1. The fraction of sp³-hybridized carbons (Fsp3) is 0.0476. The van der Waals surface area contributed by atoms with Gasteiger partial charge in [0, 0.05) is 29.8 Å². The summed E-state index contributed by atoms with van der Waals surface area (Å²) in [5.41, 5.74) is 0.806. The van der Waals surface area contributed by atoms with Crippen molar-refractivity contribution in [3.05, 3.63) is 95.8 Å². The molecule has 1 aliphatic rings. The fourth-order valence-electron chi connectivity index (χ4n) is 3.21. The third-order valence-electron chi connectivity index (χ3n) is 4.45. The van der Waals surface area contributed by atoms with Crippen molar-refractivity contribution >= 4 is 23.1 Å². The Morgan fingerprint density at radius 2 is 1.79 bits per heavy atom. The molecule has 6 nitrogen and oxygen atoms in total. The van der Waals surface area contributed by atoms with Crippen molar-refractivity contribution in [2.45, 2.75) is 6.04 Å². The van der Waals surface area contributed by atoms with Crippen LogP contribution in [0.2, 0.25) is 0 Å². The van der Waals surface area contributed by atoms with E-state index in [4.69, 9.17) is 0 Å². The highest BCUT2D eigenvalue weighted by Gasteiger charge is 2.47. The number of benzene rings is 1. The maximum absolute atomic E-state index is 13.8. The Morgan fingerprint density at radius 1 is 1.00 bits per heavy atom. The lowest BCUT2D eigenvalue weighted by molar-refractivity contribution is -0.132. The van der Waals surface area contributed by atoms with E-state index in [2.05, 4.69) is 9.97 Å². The van der Waals surface area contributed by atoms with Crippen molar-refractivity contribution < 1.29 is 19.1 Å². The monoisotopic (exact) mass is 375 g/mol. The van der Waals surface area contributed by atoms with E-state index in [1.54, 1.807) is 18.2 Å². The molecule has 1 saturated heterocycles. The molecule has 28 heavy (non-hydrogen) atoms. The molecular weight excluding hydrogens is 361 g/mol. The molecule has 1 amide bonds. The van der Waals surface area contributed by atoms with E-state index >= 15 is 0 Å². The largest absolute Gasteiger partial charge is 0.507 e. The van der Waals surface area contributed by atoms with Crippen LogP contribution in [0.1, 0.15) is 17.3 Å². The first-order valence-corrected chi connectivity index (χ1v) is 8.46. The van der Waals surface area contributed by atoms with E-state index in [-0.39, 0.29) is 17.0 Å². The molecule has 0 spiro atoms. The van der Waals surface area contributed by atoms with E-state index in [0.29, 0.717) is 11.3 Å². The van der Waals surface area contributed by atoms with Crippen LogP contribution in [0.5, 0.6) is 0 Å². The molecule has 1 aliphatic heterocycles. The quantitative estimate of drug-likeness (QED) is 0.432. The molecule has 1 unspecified atom stereocenters. The van der Waals surface area contributed by atoms with Crippen LogP contribution in [-0.2, 0) is 9.59 Å². The van der Waals surface area contributed by atoms with Crippen molar-refractivity contribution in [3.8, 4) is 0 Å². The summed E-state index contributed by atoms with van der Waals surface area (Å²) in [4.78, 5) is 34.9. The van der Waals surface area contributed by atoms with Crippen molar-refractivity contribution in [2.24, 2.45) is 0 Å². The number of carbonyl (C=O) groups is 2. The van der Waals surface area contributed by atoms with Gasteiger partial charge in [-0.3, -0.25) is 24.5 Å². The van der Waals surface area contributed by atoms with Crippen molar-refractivity contribution in [3.63, 3.8) is 0 Å². The molecule has 0 radical (unpaired) electrons. The predicted molar refractivity (Wildman–Crippen MR) is 99.7 cm³/mol. The van der Waals surface area contributed by atoms with Crippen molar-refractivity contribution in [1.29, 1.82) is 0 Å². The highest BCUT2D eigenvalue weighted by molar-refractivity contribution is 6.51. The van der Waals surface area contributed by atoms with E-state index in [1.165, 1.54) is 48.9 Å². The van der Waals surface area contributed by atoms with Gasteiger partial charge in [0.15, 0.2) is 0 Å². The summed E-state index contributed by atoms with van der Waals surface area (Å²) in [6.45, 7) is 0. The first-order valence-electron chi connectivity index (χ1n) is 8.46. The molecule has 1 aromatic carbocycles. The maximum Gasteiger partial charge on any atom is 0.300 e. The van der Waals surface area contributed by atoms with E-state index in [0.717, 1.165) is 11.0 Å². The zero-order valence-electron chi connectivity index (χ0n) is 14.5. The molecule has 2 aromatic heterocycles. The predicted octanol–water partition coefficient (Wildman–Crippen LogP) is 3.24. The molecule has 138 valence electrons. The van der Waals surface area contributed by atoms with Gasteiger partial charge in [0.1, 0.15) is 17.6 Å². The molecule has 1 fully saturated rings. The first-order chi connectivity index (χ1) is 13.6. The van der Waals surface area contributed by atoms with E-state index in [1.807, 2.05) is 0 Å². The summed E-state index contributed by atoms with van der Waals surface area (Å²) in [5.74, 6) is -2.62. The lowest BCUT2D eigenvalue weighted by Gasteiger charge is -2.24. The summed E-state index contributed by atoms with van der Waals surface area (Å²) in [5, 5.41) is 10.8. The number of anilines is 1. The number of carbonyl (C=O) groups excluding carboxylic acids is 2. The summed E-state index contributed by atoms with van der Waals surface area (Å²) in [6, 6.07) is 12.5. The highest BCUT2D eigenvalue weighted by atomic mass is 19.1. The molecule has 0 bridgehead atoms. The van der Waals surface area contributed by atoms with Crippen LogP contribution < -0.4 is 4.90 Å². The number of amides is 1. The normalized spacial score (nSPS) is 18.5. The molecule has 3 aromatic rings. The Kier molecular flexibility index (Phi) is 4.41. The topological polar surface area (TPSA) is 83.4 Å². The molecule has 0 aliphatic carbocycles. The highest BCUT2D eigenvalue weighted by Crippen LogP contribution is 2.41. The second-order valence-corrected chi connectivity index (χ2v) is 6.14. The fourth-order valence-corrected chi connectivity index (χ4v) is 3.21. The minimum absolute atomic E-state index is 0.112. The van der Waals surface area contributed by atoms with Gasteiger partial charge < -0.3 is 5.11 Å². The zero-order valence-corrected chi connectivity index (χ0v) is 14.5. The SMILES string of the molecule is O=C1C(=O)N(c2cccc(F)c2)C(c2ccccn2)/C1=C(\O)c1ccncc1. The van der Waals surface area contributed by atoms with Gasteiger partial charge in [-0.1, -0.05) is 12.1 Å². The first kappa shape index (κ1) is 17.5. The Balaban J connectivity index is 1.95. The Bertz CT molecular complexity index is 1080. The third kappa shape index (κ3) is 2.92. The number of pyridine rings is 2. The van der Waals surface area contributed by atoms with E-state index < -0.39 is 23.5 Å². The summed E-state index contributed by atoms with van der Waals surface area (Å²) < 4.78 is 13.8. The summed E-state index contributed by atoms with van der Waals surface area (Å²) in [7, 11) is 0. The lowest BCUT2D eigenvalue weighted by atomic mass is 9.98. The number of halogens is 1. The number of rotatable bonds is 3. The van der Waals surface area contributed by atoms with Crippen LogP contribution in [0.4, 0.5) is 10.1 Å². The number of hydrogen-bond acceptors (Lipinski definition) is 5. The van der Waals surface area contributed by atoms with Gasteiger partial charge in [0.25, 0.3) is 11.7 Å². The van der Waals surface area contributed by atoms with Gasteiger partial charge in [0.2, 0.25) is 0 Å². The minimum Gasteiger partial charge on any atom is -0.507 e. The number of ketones is 1. The van der Waals surface area contributed by atoms with Gasteiger partial charge in [0.05, 0.1) is 11.3 Å². The Labute approximate surface area is 159 Å². The smallest absolute Gasteiger partial charge is 0.300 e. The van der Waals surface area contributed by atoms with Gasteiger partial charge in [-0.25, -0.2) is 4.39 Å². The van der Waals surface area contributed by atoms with Crippen LogP contribution in [0.25, 0.3) is 5.76 Å². The lowest BCUT2D eigenvalue weighted by Crippen LogP contribution is -2.29. The summed E-state index contributed by atoms with van der Waals surface area (Å²) >= 11 is 0. The summed E-state index contributed by atoms with van der Waals surface area (Å²) in [6.07, 6.45) is 4.45. The molecular formula is C21H14FN3O3. The average Bonchev–Trinajstić information content (AvgIpc) is 3.00. The minimum atomic E-state index is -0.990. The molecule has 3 heterocycles. The van der Waals surface area contributed by atoms with Crippen LogP contribution in [0.15, 0.2) is 78.8 Å². The van der Waals surface area contributed by atoms with Gasteiger partial charge in [-0.05, 0) is 42.5 Å². The molecule has 1 N–H and O–H groups in total. The maximum atomic E-state index is 13.8. The van der Waals surface area contributed by atoms with Crippen LogP contribution in [0.3, 0.4) is 0 Å². The van der Waals surface area contributed by atoms with E-state index in [9.17, 15) is 19.1 Å². The van der Waals surface area contributed by atoms with Gasteiger partial charge in [-0.2, -0.15) is 0 Å². The molecule has 7 heteroatoms. The van der Waals surface area contributed by atoms with Crippen LogP contribution in [-0.4, -0.2) is 26.8 Å². The number of aliphatic hydroxyl groups is 1. The van der Waals surface area contributed by atoms with Crippen LogP contribution >= 0.6 is 0 Å². The Morgan fingerprint density at radius 3 is 2.46 bits per heavy atom. The van der Waals surface area contributed by atoms with Crippen molar-refractivity contribution in [2.75, 3.05) is 4.90 Å². The number of aromatic nitrogens is 2.